The van der Waals surface area contributed by atoms with Crippen LogP contribution >= 0.6 is 11.6 Å². The summed E-state index contributed by atoms with van der Waals surface area (Å²) in [6, 6.07) is 4.29. The average molecular weight is 254 g/mol. The Balaban J connectivity index is 3.05. The normalized spacial score (nSPS) is 9.47. The number of amides is 1. The lowest BCUT2D eigenvalue weighted by molar-refractivity contribution is -0.384. The van der Waals surface area contributed by atoms with Crippen molar-refractivity contribution in [2.75, 3.05) is 5.32 Å². The molecule has 1 aromatic rings. The van der Waals surface area contributed by atoms with Gasteiger partial charge in [0.1, 0.15) is 11.4 Å². The molecule has 0 saturated heterocycles. The van der Waals surface area contributed by atoms with Crippen molar-refractivity contribution in [3.63, 3.8) is 0 Å². The van der Waals surface area contributed by atoms with Gasteiger partial charge in [0.15, 0.2) is 0 Å². The molecule has 0 saturated carbocycles. The van der Waals surface area contributed by atoms with Gasteiger partial charge in [0.2, 0.25) is 5.91 Å². The number of nitrogens with one attached hydrogen (secondary N) is 1. The van der Waals surface area contributed by atoms with Gasteiger partial charge in [-0.3, -0.25) is 14.9 Å². The molecular weight excluding hydrogens is 246 g/mol. The fourth-order valence-corrected chi connectivity index (χ4v) is 1.45. The van der Waals surface area contributed by atoms with Crippen molar-refractivity contribution in [3.05, 3.63) is 32.8 Å². The Morgan fingerprint density at radius 3 is 2.82 bits per heavy atom. The van der Waals surface area contributed by atoms with Crippen LogP contribution in [0.25, 0.3) is 0 Å². The van der Waals surface area contributed by atoms with Crippen LogP contribution in [0.15, 0.2) is 12.1 Å². The molecule has 0 bridgehead atoms. The van der Waals surface area contributed by atoms with Gasteiger partial charge >= 0.3 is 0 Å². The van der Waals surface area contributed by atoms with E-state index >= 15 is 0 Å². The largest absolute Gasteiger partial charge is 0.325 e. The van der Waals surface area contributed by atoms with Gasteiger partial charge in [-0.2, -0.15) is 5.26 Å². The van der Waals surface area contributed by atoms with Crippen LogP contribution in [0.3, 0.4) is 0 Å². The molecule has 0 aliphatic rings. The molecule has 0 aliphatic carbocycles. The summed E-state index contributed by atoms with van der Waals surface area (Å²) >= 11 is 5.80. The maximum Gasteiger partial charge on any atom is 0.288 e. The monoisotopic (exact) mass is 253 g/mol. The van der Waals surface area contributed by atoms with Crippen molar-refractivity contribution in [3.8, 4) is 6.07 Å². The number of benzene rings is 1. The lowest BCUT2D eigenvalue weighted by Gasteiger charge is -2.08. The third-order valence-corrected chi connectivity index (χ3v) is 2.55. The van der Waals surface area contributed by atoms with Gasteiger partial charge in [-0.1, -0.05) is 11.6 Å². The first-order chi connectivity index (χ1) is 7.97. The Labute approximate surface area is 102 Å². The SMILES string of the molecule is Cc1c(NC(=O)CC#N)ccc([N+](=O)[O-])c1Cl. The Bertz CT molecular complexity index is 522. The highest BCUT2D eigenvalue weighted by atomic mass is 35.5. The summed E-state index contributed by atoms with van der Waals surface area (Å²) in [6.45, 7) is 1.55. The molecule has 0 unspecified atom stereocenters. The van der Waals surface area contributed by atoms with Crippen LogP contribution in [0.5, 0.6) is 0 Å². The summed E-state index contributed by atoms with van der Waals surface area (Å²) in [5.74, 6) is -0.486. The standard InChI is InChI=1S/C10H8ClN3O3/c1-6-7(13-9(15)4-5-12)2-3-8(10(6)11)14(16)17/h2-3H,4H2,1H3,(H,13,15). The van der Waals surface area contributed by atoms with Gasteiger partial charge in [0.05, 0.1) is 11.0 Å². The number of nitro benzene ring substituents is 1. The van der Waals surface area contributed by atoms with E-state index in [9.17, 15) is 14.9 Å². The van der Waals surface area contributed by atoms with Gasteiger partial charge < -0.3 is 5.32 Å². The summed E-state index contributed by atoms with van der Waals surface area (Å²) < 4.78 is 0. The van der Waals surface area contributed by atoms with E-state index in [0.29, 0.717) is 11.3 Å². The molecule has 0 aliphatic heterocycles. The fraction of sp³-hybridized carbons (Fsp3) is 0.200. The number of carbonyl (C=O) groups excluding carboxylic acids is 1. The first-order valence-electron chi connectivity index (χ1n) is 4.57. The molecule has 6 nitrogen and oxygen atoms in total. The van der Waals surface area contributed by atoms with Crippen molar-refractivity contribution in [1.29, 1.82) is 5.26 Å². The van der Waals surface area contributed by atoms with Gasteiger partial charge in [-0.15, -0.1) is 0 Å². The lowest BCUT2D eigenvalue weighted by atomic mass is 10.1. The molecular formula is C10H8ClN3O3. The van der Waals surface area contributed by atoms with E-state index < -0.39 is 10.8 Å². The fourth-order valence-electron chi connectivity index (χ4n) is 1.21. The van der Waals surface area contributed by atoms with Crippen LogP contribution in [-0.2, 0) is 4.79 Å². The summed E-state index contributed by atoms with van der Waals surface area (Å²) in [4.78, 5) is 21.2. The number of halogens is 1. The van der Waals surface area contributed by atoms with Gasteiger partial charge in [0.25, 0.3) is 5.69 Å². The van der Waals surface area contributed by atoms with Crippen molar-refractivity contribution in [1.82, 2.24) is 0 Å². The average Bonchev–Trinajstić information content (AvgIpc) is 2.25. The van der Waals surface area contributed by atoms with E-state index in [4.69, 9.17) is 16.9 Å². The van der Waals surface area contributed by atoms with E-state index in [-0.39, 0.29) is 17.1 Å². The zero-order valence-electron chi connectivity index (χ0n) is 8.86. The lowest BCUT2D eigenvalue weighted by Crippen LogP contribution is -2.11. The second-order valence-electron chi connectivity index (χ2n) is 3.21. The zero-order chi connectivity index (χ0) is 13.0. The van der Waals surface area contributed by atoms with E-state index in [1.807, 2.05) is 0 Å². The molecule has 0 radical (unpaired) electrons. The molecule has 0 aromatic heterocycles. The molecule has 1 amide bonds. The highest BCUT2D eigenvalue weighted by molar-refractivity contribution is 6.33. The minimum absolute atomic E-state index is 0.0234. The molecule has 0 spiro atoms. The highest BCUT2D eigenvalue weighted by Gasteiger charge is 2.17. The molecule has 0 fully saturated rings. The van der Waals surface area contributed by atoms with Crippen molar-refractivity contribution < 1.29 is 9.72 Å². The molecule has 17 heavy (non-hydrogen) atoms. The second kappa shape index (κ2) is 5.27. The summed E-state index contributed by atoms with van der Waals surface area (Å²) in [5, 5.41) is 21.4. The van der Waals surface area contributed by atoms with Crippen LogP contribution in [0, 0.1) is 28.4 Å². The second-order valence-corrected chi connectivity index (χ2v) is 3.59. The predicted octanol–water partition coefficient (Wildman–Crippen LogP) is 2.41. The smallest absolute Gasteiger partial charge is 0.288 e. The van der Waals surface area contributed by atoms with Crippen LogP contribution < -0.4 is 5.32 Å². The van der Waals surface area contributed by atoms with Crippen molar-refractivity contribution >= 4 is 28.9 Å². The number of anilines is 1. The third kappa shape index (κ3) is 2.92. The molecule has 1 aromatic carbocycles. The number of carbonyl (C=O) groups is 1. The molecule has 7 heteroatoms. The summed E-state index contributed by atoms with van der Waals surface area (Å²) in [7, 11) is 0. The molecule has 1 N–H and O–H groups in total. The predicted molar refractivity (Wildman–Crippen MR) is 61.7 cm³/mol. The number of hydrogen-bond donors (Lipinski definition) is 1. The minimum Gasteiger partial charge on any atom is -0.325 e. The Morgan fingerprint density at radius 2 is 2.29 bits per heavy atom. The van der Waals surface area contributed by atoms with Crippen molar-refractivity contribution in [2.24, 2.45) is 0 Å². The number of hydrogen-bond acceptors (Lipinski definition) is 4. The van der Waals surface area contributed by atoms with Crippen LogP contribution in [0.1, 0.15) is 12.0 Å². The summed E-state index contributed by atoms with van der Waals surface area (Å²) in [5.41, 5.74) is 0.537. The molecule has 0 atom stereocenters. The first kappa shape index (κ1) is 12.9. The molecule has 88 valence electrons. The number of nitrogens with zero attached hydrogens (tertiary/aromatic N) is 2. The first-order valence-corrected chi connectivity index (χ1v) is 4.95. The van der Waals surface area contributed by atoms with Crippen LogP contribution in [0.4, 0.5) is 11.4 Å². The van der Waals surface area contributed by atoms with E-state index in [2.05, 4.69) is 5.32 Å². The highest BCUT2D eigenvalue weighted by Crippen LogP contribution is 2.32. The van der Waals surface area contributed by atoms with E-state index in [1.54, 1.807) is 13.0 Å². The number of rotatable bonds is 3. The Hall–Kier alpha value is -2.13. The summed E-state index contributed by atoms with van der Waals surface area (Å²) in [6.07, 6.45) is -0.284. The van der Waals surface area contributed by atoms with Crippen LogP contribution in [-0.4, -0.2) is 10.8 Å². The minimum atomic E-state index is -0.601. The zero-order valence-corrected chi connectivity index (χ0v) is 9.61. The Kier molecular flexibility index (Phi) is 4.01. The maximum atomic E-state index is 11.2. The Morgan fingerprint density at radius 1 is 1.65 bits per heavy atom. The van der Waals surface area contributed by atoms with Crippen LogP contribution in [0.2, 0.25) is 5.02 Å². The topological polar surface area (TPSA) is 96.0 Å². The number of nitro groups is 1. The van der Waals surface area contributed by atoms with Gasteiger partial charge in [-0.25, -0.2) is 0 Å². The van der Waals surface area contributed by atoms with Gasteiger partial charge in [0, 0.05) is 11.8 Å². The number of nitriles is 1. The third-order valence-electron chi connectivity index (χ3n) is 2.08. The van der Waals surface area contributed by atoms with E-state index in [0.717, 1.165) is 0 Å². The quantitative estimate of drug-likeness (QED) is 0.661. The van der Waals surface area contributed by atoms with Crippen molar-refractivity contribution in [2.45, 2.75) is 13.3 Å². The molecule has 0 heterocycles. The molecule has 1 rings (SSSR count). The van der Waals surface area contributed by atoms with Gasteiger partial charge in [-0.05, 0) is 18.6 Å². The van der Waals surface area contributed by atoms with E-state index in [1.165, 1.54) is 12.1 Å². The maximum absolute atomic E-state index is 11.2.